The highest BCUT2D eigenvalue weighted by atomic mass is 19.1. The number of benzene rings is 1. The van der Waals surface area contributed by atoms with E-state index in [9.17, 15) is 4.39 Å². The maximum atomic E-state index is 14.4. The first kappa shape index (κ1) is 20.4. The predicted molar refractivity (Wildman–Crippen MR) is 122 cm³/mol. The van der Waals surface area contributed by atoms with Crippen LogP contribution in [0, 0.1) is 18.2 Å². The van der Waals surface area contributed by atoms with E-state index in [0.717, 1.165) is 30.4 Å². The Kier molecular flexibility index (Phi) is 4.81. The van der Waals surface area contributed by atoms with E-state index in [1.165, 1.54) is 12.1 Å². The Labute approximate surface area is 184 Å². The van der Waals surface area contributed by atoms with Crippen molar-refractivity contribution in [2.24, 2.45) is 11.1 Å². The van der Waals surface area contributed by atoms with Crippen LogP contribution in [0.2, 0.25) is 0 Å². The number of aromatic amines is 1. The Balaban J connectivity index is 1.70. The van der Waals surface area contributed by atoms with Crippen LogP contribution in [0.25, 0.3) is 21.9 Å². The number of hydrogen-bond acceptors (Lipinski definition) is 8. The Morgan fingerprint density at radius 2 is 2.06 bits per heavy atom. The van der Waals surface area contributed by atoms with Gasteiger partial charge in [0.1, 0.15) is 23.1 Å². The maximum Gasteiger partial charge on any atom is 0.326 e. The highest BCUT2D eigenvalue weighted by Gasteiger charge is 2.35. The summed E-state index contributed by atoms with van der Waals surface area (Å²) in [7, 11) is 1.76. The van der Waals surface area contributed by atoms with Gasteiger partial charge in [-0.25, -0.2) is 14.4 Å². The van der Waals surface area contributed by atoms with E-state index in [2.05, 4.69) is 37.1 Å². The van der Waals surface area contributed by atoms with Crippen molar-refractivity contribution in [2.45, 2.75) is 20.3 Å². The summed E-state index contributed by atoms with van der Waals surface area (Å²) in [6, 6.07) is 3.13. The van der Waals surface area contributed by atoms with E-state index in [4.69, 9.17) is 15.5 Å². The molecule has 0 aliphatic carbocycles. The second-order valence-electron chi connectivity index (χ2n) is 8.56. The molecule has 1 aliphatic heterocycles. The second-order valence-corrected chi connectivity index (χ2v) is 8.56. The smallest absolute Gasteiger partial charge is 0.326 e. The molecule has 1 fully saturated rings. The normalized spacial score (nSPS) is 18.6. The molecule has 0 bridgehead atoms. The minimum Gasteiger partial charge on any atom is -0.421 e. The molecule has 1 aromatic carbocycles. The zero-order valence-electron chi connectivity index (χ0n) is 18.2. The van der Waals surface area contributed by atoms with Crippen molar-refractivity contribution in [3.8, 4) is 11.8 Å². The Morgan fingerprint density at radius 3 is 2.75 bits per heavy atom. The lowest BCUT2D eigenvalue weighted by atomic mass is 9.90. The van der Waals surface area contributed by atoms with Crippen LogP contribution in [0.5, 0.6) is 11.8 Å². The largest absolute Gasteiger partial charge is 0.421 e. The average Bonchev–Trinajstić information content (AvgIpc) is 3.35. The van der Waals surface area contributed by atoms with Gasteiger partial charge in [0.2, 0.25) is 0 Å². The van der Waals surface area contributed by atoms with Gasteiger partial charge < -0.3 is 25.7 Å². The van der Waals surface area contributed by atoms with Crippen LogP contribution in [-0.2, 0) is 0 Å². The molecule has 10 heteroatoms. The number of H-pyrrole nitrogens is 1. The number of aryl methyl sites for hydroxylation is 1. The van der Waals surface area contributed by atoms with E-state index < -0.39 is 0 Å². The van der Waals surface area contributed by atoms with Gasteiger partial charge in [-0.2, -0.15) is 9.97 Å². The van der Waals surface area contributed by atoms with Crippen molar-refractivity contribution >= 4 is 33.4 Å². The number of halogens is 1. The molecule has 0 saturated carbocycles. The molecular weight excluding hydrogens is 411 g/mol. The second kappa shape index (κ2) is 7.56. The highest BCUT2D eigenvalue weighted by Crippen LogP contribution is 2.40. The first-order valence-corrected chi connectivity index (χ1v) is 10.5. The standard InChI is InChI=1S/C22H25FN8O/c1-12-26-8-14(9-27-12)32-21-29-19-17(15-6-13(23)7-16(25-3)18(15)28-19)20(30-21)31-5-4-22(2,10-24)11-31/h6-9,25H,4-5,10-11,24H2,1-3H3,(H,28,29,30). The molecule has 0 spiro atoms. The van der Waals surface area contributed by atoms with Crippen LogP contribution in [0.4, 0.5) is 15.9 Å². The van der Waals surface area contributed by atoms with Crippen LogP contribution < -0.4 is 20.7 Å². The third kappa shape index (κ3) is 3.46. The molecule has 1 unspecified atom stereocenters. The van der Waals surface area contributed by atoms with Crippen LogP contribution in [0.1, 0.15) is 19.2 Å². The number of rotatable bonds is 5. The zero-order valence-corrected chi connectivity index (χ0v) is 18.2. The summed E-state index contributed by atoms with van der Waals surface area (Å²) in [5.74, 6) is 1.44. The highest BCUT2D eigenvalue weighted by molar-refractivity contribution is 6.14. The van der Waals surface area contributed by atoms with Crippen LogP contribution >= 0.6 is 0 Å². The summed E-state index contributed by atoms with van der Waals surface area (Å²) >= 11 is 0. The summed E-state index contributed by atoms with van der Waals surface area (Å²) in [5.41, 5.74) is 7.99. The van der Waals surface area contributed by atoms with E-state index in [-0.39, 0.29) is 17.2 Å². The van der Waals surface area contributed by atoms with E-state index >= 15 is 0 Å². The number of nitrogens with zero attached hydrogens (tertiary/aromatic N) is 5. The van der Waals surface area contributed by atoms with Crippen molar-refractivity contribution in [2.75, 3.05) is 36.9 Å². The minimum atomic E-state index is -0.334. The molecule has 0 amide bonds. The van der Waals surface area contributed by atoms with Gasteiger partial charge in [0, 0.05) is 25.5 Å². The Bertz CT molecular complexity index is 1310. The van der Waals surface area contributed by atoms with Gasteiger partial charge in [0.25, 0.3) is 0 Å². The first-order chi connectivity index (χ1) is 15.4. The molecule has 5 rings (SSSR count). The fourth-order valence-electron chi connectivity index (χ4n) is 4.21. The van der Waals surface area contributed by atoms with Crippen molar-refractivity contribution in [1.82, 2.24) is 24.9 Å². The number of hydrogen-bond donors (Lipinski definition) is 3. The Hall–Kier alpha value is -3.53. The van der Waals surface area contributed by atoms with Gasteiger partial charge in [0.05, 0.1) is 29.0 Å². The van der Waals surface area contributed by atoms with E-state index in [1.807, 2.05) is 0 Å². The van der Waals surface area contributed by atoms with E-state index in [1.54, 1.807) is 26.4 Å². The maximum absolute atomic E-state index is 14.4. The van der Waals surface area contributed by atoms with Crippen molar-refractivity contribution in [1.29, 1.82) is 0 Å². The fourth-order valence-corrected chi connectivity index (χ4v) is 4.21. The first-order valence-electron chi connectivity index (χ1n) is 10.5. The number of anilines is 2. The van der Waals surface area contributed by atoms with Crippen molar-refractivity contribution in [3.63, 3.8) is 0 Å². The summed E-state index contributed by atoms with van der Waals surface area (Å²) in [6.45, 7) is 6.07. The lowest BCUT2D eigenvalue weighted by Crippen LogP contribution is -2.31. The number of fused-ring (bicyclic) bond motifs is 3. The van der Waals surface area contributed by atoms with Gasteiger partial charge in [-0.15, -0.1) is 0 Å². The molecule has 9 nitrogen and oxygen atoms in total. The quantitative estimate of drug-likeness (QED) is 0.436. The Morgan fingerprint density at radius 1 is 1.28 bits per heavy atom. The molecule has 32 heavy (non-hydrogen) atoms. The van der Waals surface area contributed by atoms with Gasteiger partial charge >= 0.3 is 6.01 Å². The fraction of sp³-hybridized carbons (Fsp3) is 0.364. The minimum absolute atomic E-state index is 0.0173. The molecule has 1 aliphatic rings. The summed E-state index contributed by atoms with van der Waals surface area (Å²) in [5, 5.41) is 4.51. The molecule has 4 N–H and O–H groups in total. The van der Waals surface area contributed by atoms with Crippen LogP contribution in [0.3, 0.4) is 0 Å². The topological polar surface area (TPSA) is 118 Å². The molecule has 1 saturated heterocycles. The summed E-state index contributed by atoms with van der Waals surface area (Å²) < 4.78 is 20.3. The zero-order chi connectivity index (χ0) is 22.5. The molecule has 0 radical (unpaired) electrons. The molecule has 166 valence electrons. The van der Waals surface area contributed by atoms with E-state index in [0.29, 0.717) is 40.7 Å². The lowest BCUT2D eigenvalue weighted by molar-refractivity contribution is 0.383. The predicted octanol–water partition coefficient (Wildman–Crippen LogP) is 3.36. The van der Waals surface area contributed by atoms with Gasteiger partial charge in [-0.05, 0) is 37.4 Å². The monoisotopic (exact) mass is 436 g/mol. The van der Waals surface area contributed by atoms with Crippen molar-refractivity contribution < 1.29 is 9.13 Å². The number of nitrogens with two attached hydrogens (primary N) is 1. The molecular formula is C22H25FN8O. The number of aromatic nitrogens is 5. The van der Waals surface area contributed by atoms with Gasteiger partial charge in [0.15, 0.2) is 5.75 Å². The summed E-state index contributed by atoms with van der Waals surface area (Å²) in [6.07, 6.45) is 4.10. The van der Waals surface area contributed by atoms with Gasteiger partial charge in [-0.1, -0.05) is 6.92 Å². The number of nitrogens with one attached hydrogen (secondary N) is 2. The lowest BCUT2D eigenvalue weighted by Gasteiger charge is -2.23. The van der Waals surface area contributed by atoms with Gasteiger partial charge in [-0.3, -0.25) is 0 Å². The number of ether oxygens (including phenoxy) is 1. The molecule has 3 aromatic heterocycles. The van der Waals surface area contributed by atoms with Crippen LogP contribution in [-0.4, -0.2) is 51.6 Å². The van der Waals surface area contributed by atoms with Crippen LogP contribution in [0.15, 0.2) is 24.5 Å². The molecule has 4 heterocycles. The summed E-state index contributed by atoms with van der Waals surface area (Å²) in [4.78, 5) is 23.1. The molecule has 4 aromatic rings. The SMILES string of the molecule is CNc1cc(F)cc2c1[nH]c1nc(Oc3cnc(C)nc3)nc(N3CCC(C)(CN)C3)c12. The van der Waals surface area contributed by atoms with Crippen molar-refractivity contribution in [3.05, 3.63) is 36.2 Å². The third-order valence-corrected chi connectivity index (χ3v) is 6.07. The third-order valence-electron chi connectivity index (χ3n) is 6.07. The molecule has 1 atom stereocenters. The average molecular weight is 436 g/mol.